The van der Waals surface area contributed by atoms with E-state index in [1.165, 1.54) is 42.5 Å². The van der Waals surface area contributed by atoms with Gasteiger partial charge in [-0.25, -0.2) is 0 Å². The Morgan fingerprint density at radius 3 is 2.29 bits per heavy atom. The van der Waals surface area contributed by atoms with E-state index in [1.807, 2.05) is 0 Å². The van der Waals surface area contributed by atoms with Crippen molar-refractivity contribution in [2.45, 2.75) is 18.9 Å². The number of halogens is 1. The molecule has 162 valence electrons. The fraction of sp³-hybridized carbons (Fsp3) is 0.158. The standard InChI is InChI=1S/C19H18ClN5O6/c20-13-6-4-11(5-7-13)17(27)22-15(8-9-16(21)26)19(29)24-23-18(28)12-2-1-3-14(10-12)25(30)31/h1-7,10,15H,8-9H2,(H2,21,26)(H,22,27)(H,23,28)(H,24,29). The van der Waals surface area contributed by atoms with Gasteiger partial charge in [0.05, 0.1) is 4.92 Å². The number of non-ortho nitro benzene ring substituents is 1. The number of carbonyl (C=O) groups is 4. The van der Waals surface area contributed by atoms with Crippen LogP contribution in [0.4, 0.5) is 5.69 Å². The third-order valence-corrected chi connectivity index (χ3v) is 4.28. The van der Waals surface area contributed by atoms with Crippen LogP contribution in [0.1, 0.15) is 33.6 Å². The lowest BCUT2D eigenvalue weighted by molar-refractivity contribution is -0.384. The first-order valence-corrected chi connectivity index (χ1v) is 9.24. The van der Waals surface area contributed by atoms with Crippen LogP contribution in [-0.2, 0) is 9.59 Å². The predicted molar refractivity (Wildman–Crippen MR) is 110 cm³/mol. The number of hydrogen-bond acceptors (Lipinski definition) is 6. The third-order valence-electron chi connectivity index (χ3n) is 4.03. The van der Waals surface area contributed by atoms with Gasteiger partial charge in [0.25, 0.3) is 23.4 Å². The van der Waals surface area contributed by atoms with Gasteiger partial charge in [0.15, 0.2) is 0 Å². The first kappa shape index (κ1) is 23.3. The van der Waals surface area contributed by atoms with Gasteiger partial charge in [-0.15, -0.1) is 0 Å². The fourth-order valence-corrected chi connectivity index (χ4v) is 2.56. The maximum Gasteiger partial charge on any atom is 0.270 e. The number of rotatable bonds is 8. The van der Waals surface area contributed by atoms with Crippen molar-refractivity contribution in [1.29, 1.82) is 0 Å². The minimum absolute atomic E-state index is 0.0617. The van der Waals surface area contributed by atoms with Crippen LogP contribution in [-0.4, -0.2) is 34.6 Å². The van der Waals surface area contributed by atoms with Crippen molar-refractivity contribution in [1.82, 2.24) is 16.2 Å². The van der Waals surface area contributed by atoms with E-state index in [1.54, 1.807) is 0 Å². The Bertz CT molecular complexity index is 1010. The second-order valence-electron chi connectivity index (χ2n) is 6.29. The molecule has 1 atom stereocenters. The number of hydrogen-bond donors (Lipinski definition) is 4. The number of benzene rings is 2. The molecule has 0 aliphatic rings. The summed E-state index contributed by atoms with van der Waals surface area (Å²) in [6.45, 7) is 0. The number of nitro groups is 1. The molecule has 2 aromatic rings. The molecule has 2 aromatic carbocycles. The van der Waals surface area contributed by atoms with E-state index in [2.05, 4.69) is 16.2 Å². The predicted octanol–water partition coefficient (Wildman–Crippen LogP) is 1.07. The molecule has 0 saturated carbocycles. The molecule has 0 spiro atoms. The number of nitrogens with one attached hydrogen (secondary N) is 3. The topological polar surface area (TPSA) is 174 Å². The van der Waals surface area contributed by atoms with Crippen LogP contribution in [0.25, 0.3) is 0 Å². The number of nitrogens with two attached hydrogens (primary N) is 1. The minimum Gasteiger partial charge on any atom is -0.370 e. The van der Waals surface area contributed by atoms with E-state index in [0.717, 1.165) is 6.07 Å². The molecule has 31 heavy (non-hydrogen) atoms. The number of amides is 4. The largest absolute Gasteiger partial charge is 0.370 e. The van der Waals surface area contributed by atoms with Crippen molar-refractivity contribution in [3.05, 3.63) is 74.8 Å². The van der Waals surface area contributed by atoms with E-state index in [-0.39, 0.29) is 29.7 Å². The van der Waals surface area contributed by atoms with Crippen LogP contribution >= 0.6 is 11.6 Å². The van der Waals surface area contributed by atoms with Crippen LogP contribution < -0.4 is 21.9 Å². The van der Waals surface area contributed by atoms with E-state index in [9.17, 15) is 29.3 Å². The highest BCUT2D eigenvalue weighted by Crippen LogP contribution is 2.13. The number of carbonyl (C=O) groups excluding carboxylic acids is 4. The van der Waals surface area contributed by atoms with Crippen molar-refractivity contribution in [3.63, 3.8) is 0 Å². The second-order valence-corrected chi connectivity index (χ2v) is 6.73. The zero-order valence-corrected chi connectivity index (χ0v) is 16.7. The molecular formula is C19H18ClN5O6. The van der Waals surface area contributed by atoms with Crippen molar-refractivity contribution in [2.24, 2.45) is 5.73 Å². The highest BCUT2D eigenvalue weighted by atomic mass is 35.5. The monoisotopic (exact) mass is 447 g/mol. The summed E-state index contributed by atoms with van der Waals surface area (Å²) < 4.78 is 0. The van der Waals surface area contributed by atoms with Gasteiger partial charge in [0, 0.05) is 34.7 Å². The Labute approximate surface area is 181 Å². The molecule has 4 amide bonds. The maximum atomic E-state index is 12.5. The number of primary amides is 1. The summed E-state index contributed by atoms with van der Waals surface area (Å²) >= 11 is 5.78. The Kier molecular flexibility index (Phi) is 8.03. The van der Waals surface area contributed by atoms with Crippen LogP contribution in [0, 0.1) is 10.1 Å². The Balaban J connectivity index is 2.04. The summed E-state index contributed by atoms with van der Waals surface area (Å²) in [4.78, 5) is 58.3. The van der Waals surface area contributed by atoms with E-state index in [4.69, 9.17) is 17.3 Å². The van der Waals surface area contributed by atoms with Gasteiger partial charge in [0.2, 0.25) is 5.91 Å². The Hall–Kier alpha value is -3.99. The number of nitrogens with zero attached hydrogens (tertiary/aromatic N) is 1. The molecule has 0 radical (unpaired) electrons. The quantitative estimate of drug-likeness (QED) is 0.348. The molecule has 0 aliphatic carbocycles. The zero-order valence-electron chi connectivity index (χ0n) is 16.0. The smallest absolute Gasteiger partial charge is 0.270 e. The summed E-state index contributed by atoms with van der Waals surface area (Å²) in [6.07, 6.45) is -0.314. The van der Waals surface area contributed by atoms with Crippen LogP contribution in [0.5, 0.6) is 0 Å². The molecular weight excluding hydrogens is 430 g/mol. The van der Waals surface area contributed by atoms with Gasteiger partial charge < -0.3 is 11.1 Å². The molecule has 0 aromatic heterocycles. The molecule has 0 heterocycles. The summed E-state index contributed by atoms with van der Waals surface area (Å²) in [5.41, 5.74) is 9.21. The molecule has 12 heteroatoms. The summed E-state index contributed by atoms with van der Waals surface area (Å²) in [5.74, 6) is -2.91. The van der Waals surface area contributed by atoms with E-state index < -0.39 is 34.6 Å². The molecule has 1 unspecified atom stereocenters. The van der Waals surface area contributed by atoms with Crippen LogP contribution in [0.3, 0.4) is 0 Å². The van der Waals surface area contributed by atoms with Gasteiger partial charge in [-0.05, 0) is 36.8 Å². The van der Waals surface area contributed by atoms with Crippen LogP contribution in [0.2, 0.25) is 5.02 Å². The van der Waals surface area contributed by atoms with Crippen molar-refractivity contribution < 1.29 is 24.1 Å². The fourth-order valence-electron chi connectivity index (χ4n) is 2.44. The molecule has 11 nitrogen and oxygen atoms in total. The molecule has 0 saturated heterocycles. The molecule has 0 bridgehead atoms. The first-order valence-electron chi connectivity index (χ1n) is 8.86. The van der Waals surface area contributed by atoms with Gasteiger partial charge in [-0.2, -0.15) is 0 Å². The van der Waals surface area contributed by atoms with Gasteiger partial charge >= 0.3 is 0 Å². The third kappa shape index (κ3) is 7.08. The summed E-state index contributed by atoms with van der Waals surface area (Å²) in [7, 11) is 0. The highest BCUT2D eigenvalue weighted by Gasteiger charge is 2.23. The van der Waals surface area contributed by atoms with Crippen molar-refractivity contribution in [3.8, 4) is 0 Å². The Morgan fingerprint density at radius 2 is 1.68 bits per heavy atom. The van der Waals surface area contributed by atoms with Gasteiger partial charge in [-0.1, -0.05) is 17.7 Å². The SMILES string of the molecule is NC(=O)CCC(NC(=O)c1ccc(Cl)cc1)C(=O)NNC(=O)c1cccc([N+](=O)[O-])c1. The normalized spacial score (nSPS) is 11.1. The second kappa shape index (κ2) is 10.7. The first-order chi connectivity index (χ1) is 14.7. The average molecular weight is 448 g/mol. The molecule has 2 rings (SSSR count). The molecule has 0 aliphatic heterocycles. The average Bonchev–Trinajstić information content (AvgIpc) is 2.74. The summed E-state index contributed by atoms with van der Waals surface area (Å²) in [6, 6.07) is 9.58. The van der Waals surface area contributed by atoms with E-state index >= 15 is 0 Å². The van der Waals surface area contributed by atoms with Crippen LogP contribution in [0.15, 0.2) is 48.5 Å². The maximum absolute atomic E-state index is 12.5. The number of hydrazine groups is 1. The van der Waals surface area contributed by atoms with Gasteiger partial charge in [-0.3, -0.25) is 40.1 Å². The Morgan fingerprint density at radius 1 is 1.00 bits per heavy atom. The lowest BCUT2D eigenvalue weighted by Crippen LogP contribution is -2.52. The zero-order chi connectivity index (χ0) is 23.0. The molecule has 5 N–H and O–H groups in total. The van der Waals surface area contributed by atoms with E-state index in [0.29, 0.717) is 5.02 Å². The van der Waals surface area contributed by atoms with Crippen molar-refractivity contribution >= 4 is 40.9 Å². The highest BCUT2D eigenvalue weighted by molar-refractivity contribution is 6.30. The lowest BCUT2D eigenvalue weighted by Gasteiger charge is -2.18. The van der Waals surface area contributed by atoms with Crippen molar-refractivity contribution in [2.75, 3.05) is 0 Å². The lowest BCUT2D eigenvalue weighted by atomic mass is 10.1. The minimum atomic E-state index is -1.19. The number of nitro benzene ring substituents is 1. The molecule has 0 fully saturated rings. The summed E-state index contributed by atoms with van der Waals surface area (Å²) in [5, 5.41) is 13.7. The van der Waals surface area contributed by atoms with Gasteiger partial charge in [0.1, 0.15) is 6.04 Å².